The van der Waals surface area contributed by atoms with Gasteiger partial charge in [-0.05, 0) is 49.4 Å². The predicted molar refractivity (Wildman–Crippen MR) is 76.0 cm³/mol. The minimum absolute atomic E-state index is 0.590. The number of hydrogen-bond acceptors (Lipinski definition) is 2. The van der Waals surface area contributed by atoms with E-state index in [4.69, 9.17) is 5.73 Å². The Hall–Kier alpha value is -1.77. The van der Waals surface area contributed by atoms with Crippen LogP contribution in [0.15, 0.2) is 24.3 Å². The van der Waals surface area contributed by atoms with Crippen LogP contribution in [0.5, 0.6) is 0 Å². The van der Waals surface area contributed by atoms with E-state index < -0.39 is 0 Å². The number of nitrogens with two attached hydrogens (primary N) is 1. The van der Waals surface area contributed by atoms with Gasteiger partial charge in [-0.1, -0.05) is 19.9 Å². The van der Waals surface area contributed by atoms with Gasteiger partial charge in [0.2, 0.25) is 0 Å². The van der Waals surface area contributed by atoms with Gasteiger partial charge in [0.25, 0.3) is 0 Å². The van der Waals surface area contributed by atoms with E-state index in [1.807, 2.05) is 10.7 Å². The molecule has 1 heterocycles. The average Bonchev–Trinajstić information content (AvgIpc) is 2.62. The van der Waals surface area contributed by atoms with E-state index in [9.17, 15) is 0 Å². The van der Waals surface area contributed by atoms with Gasteiger partial charge >= 0.3 is 0 Å². The van der Waals surface area contributed by atoms with Gasteiger partial charge in [-0.3, -0.25) is 0 Å². The second-order valence-electron chi connectivity index (χ2n) is 5.34. The first-order valence-corrected chi connectivity index (χ1v) is 6.39. The van der Waals surface area contributed by atoms with Gasteiger partial charge in [0.15, 0.2) is 0 Å². The first-order valence-electron chi connectivity index (χ1n) is 6.39. The molecule has 0 amide bonds. The van der Waals surface area contributed by atoms with Crippen molar-refractivity contribution in [1.82, 2.24) is 9.78 Å². The van der Waals surface area contributed by atoms with Crippen LogP contribution < -0.4 is 5.73 Å². The molecule has 0 radical (unpaired) electrons. The number of aryl methyl sites for hydroxylation is 2. The number of rotatable bonds is 3. The SMILES string of the molecule is Cc1ccc(-n2nc(CC(C)C)cc2N)cc1C. The second-order valence-corrected chi connectivity index (χ2v) is 5.34. The Kier molecular flexibility index (Phi) is 3.41. The van der Waals surface area contributed by atoms with Gasteiger partial charge < -0.3 is 5.73 Å². The third-order valence-electron chi connectivity index (χ3n) is 3.14. The highest BCUT2D eigenvalue weighted by Gasteiger charge is 2.08. The molecule has 1 aromatic carbocycles. The van der Waals surface area contributed by atoms with Gasteiger partial charge in [-0.15, -0.1) is 0 Å². The van der Waals surface area contributed by atoms with E-state index in [0.717, 1.165) is 17.8 Å². The molecular formula is C15H21N3. The maximum absolute atomic E-state index is 6.04. The number of nitrogens with zero attached hydrogens (tertiary/aromatic N) is 2. The van der Waals surface area contributed by atoms with E-state index in [1.165, 1.54) is 11.1 Å². The van der Waals surface area contributed by atoms with Crippen molar-refractivity contribution in [3.63, 3.8) is 0 Å². The second kappa shape index (κ2) is 4.84. The summed E-state index contributed by atoms with van der Waals surface area (Å²) in [7, 11) is 0. The molecule has 0 aliphatic heterocycles. The maximum Gasteiger partial charge on any atom is 0.127 e. The van der Waals surface area contributed by atoms with Crippen LogP contribution >= 0.6 is 0 Å². The molecule has 18 heavy (non-hydrogen) atoms. The molecule has 3 heteroatoms. The van der Waals surface area contributed by atoms with Crippen LogP contribution in [0, 0.1) is 19.8 Å². The lowest BCUT2D eigenvalue weighted by atomic mass is 10.1. The van der Waals surface area contributed by atoms with E-state index in [1.54, 1.807) is 0 Å². The minimum atomic E-state index is 0.590. The van der Waals surface area contributed by atoms with Crippen LogP contribution in [-0.2, 0) is 6.42 Å². The Bertz CT molecular complexity index is 553. The summed E-state index contributed by atoms with van der Waals surface area (Å²) in [6.07, 6.45) is 0.960. The molecule has 0 fully saturated rings. The van der Waals surface area contributed by atoms with Crippen LogP contribution in [0.2, 0.25) is 0 Å². The fraction of sp³-hybridized carbons (Fsp3) is 0.400. The van der Waals surface area contributed by atoms with Crippen molar-refractivity contribution in [3.8, 4) is 5.69 Å². The lowest BCUT2D eigenvalue weighted by Crippen LogP contribution is -2.03. The average molecular weight is 243 g/mol. The first-order chi connectivity index (χ1) is 8.47. The number of benzene rings is 1. The van der Waals surface area contributed by atoms with Crippen molar-refractivity contribution in [1.29, 1.82) is 0 Å². The number of nitrogen functional groups attached to an aromatic ring is 1. The predicted octanol–water partition coefficient (Wildman–Crippen LogP) is 3.27. The fourth-order valence-electron chi connectivity index (χ4n) is 2.03. The van der Waals surface area contributed by atoms with Crippen LogP contribution in [-0.4, -0.2) is 9.78 Å². The van der Waals surface area contributed by atoms with Crippen molar-refractivity contribution >= 4 is 5.82 Å². The summed E-state index contributed by atoms with van der Waals surface area (Å²) in [5, 5.41) is 4.58. The van der Waals surface area contributed by atoms with Gasteiger partial charge in [-0.25, -0.2) is 4.68 Å². The van der Waals surface area contributed by atoms with Crippen molar-refractivity contribution in [3.05, 3.63) is 41.1 Å². The largest absolute Gasteiger partial charge is 0.384 e. The van der Waals surface area contributed by atoms with Crippen molar-refractivity contribution in [2.75, 3.05) is 5.73 Å². The highest BCUT2D eigenvalue weighted by Crippen LogP contribution is 2.19. The van der Waals surface area contributed by atoms with Crippen LogP contribution in [0.3, 0.4) is 0 Å². The Morgan fingerprint density at radius 3 is 2.50 bits per heavy atom. The smallest absolute Gasteiger partial charge is 0.127 e. The molecule has 0 saturated heterocycles. The first kappa shape index (κ1) is 12.7. The molecule has 96 valence electrons. The molecule has 0 aliphatic carbocycles. The third kappa shape index (κ3) is 2.55. The quantitative estimate of drug-likeness (QED) is 0.899. The molecule has 0 aliphatic rings. The van der Waals surface area contributed by atoms with Gasteiger partial charge in [0.1, 0.15) is 5.82 Å². The molecule has 0 unspecified atom stereocenters. The minimum Gasteiger partial charge on any atom is -0.384 e. The zero-order valence-corrected chi connectivity index (χ0v) is 11.6. The Morgan fingerprint density at radius 2 is 1.89 bits per heavy atom. The molecule has 3 nitrogen and oxygen atoms in total. The van der Waals surface area contributed by atoms with E-state index in [-0.39, 0.29) is 0 Å². The lowest BCUT2D eigenvalue weighted by molar-refractivity contribution is 0.628. The van der Waals surface area contributed by atoms with Gasteiger partial charge in [-0.2, -0.15) is 5.10 Å². The maximum atomic E-state index is 6.04. The summed E-state index contributed by atoms with van der Waals surface area (Å²) >= 11 is 0. The van der Waals surface area contributed by atoms with Gasteiger partial charge in [0, 0.05) is 6.07 Å². The number of hydrogen-bond donors (Lipinski definition) is 1. The van der Waals surface area contributed by atoms with Crippen LogP contribution in [0.4, 0.5) is 5.82 Å². The van der Waals surface area contributed by atoms with Crippen LogP contribution in [0.1, 0.15) is 30.7 Å². The summed E-state index contributed by atoms with van der Waals surface area (Å²) in [6.45, 7) is 8.58. The molecule has 2 aromatic rings. The highest BCUT2D eigenvalue weighted by molar-refractivity contribution is 5.46. The van der Waals surface area contributed by atoms with E-state index in [2.05, 4.69) is 51.0 Å². The van der Waals surface area contributed by atoms with E-state index >= 15 is 0 Å². The molecule has 1 aromatic heterocycles. The Balaban J connectivity index is 2.38. The summed E-state index contributed by atoms with van der Waals surface area (Å²) in [5.74, 6) is 1.29. The normalized spacial score (nSPS) is 11.2. The topological polar surface area (TPSA) is 43.8 Å². The van der Waals surface area contributed by atoms with Crippen LogP contribution in [0.25, 0.3) is 5.69 Å². The molecule has 0 spiro atoms. The number of anilines is 1. The van der Waals surface area contributed by atoms with Crippen molar-refractivity contribution in [2.24, 2.45) is 5.92 Å². The standard InChI is InChI=1S/C15H21N3/c1-10(2)7-13-9-15(16)18(17-13)14-6-5-11(3)12(4)8-14/h5-6,8-10H,7,16H2,1-4H3. The molecule has 2 rings (SSSR count). The summed E-state index contributed by atoms with van der Waals surface area (Å²) in [6, 6.07) is 8.26. The lowest BCUT2D eigenvalue weighted by Gasteiger charge is -2.07. The molecule has 0 atom stereocenters. The molecule has 0 bridgehead atoms. The molecular weight excluding hydrogens is 222 g/mol. The van der Waals surface area contributed by atoms with Crippen molar-refractivity contribution in [2.45, 2.75) is 34.1 Å². The van der Waals surface area contributed by atoms with Crippen molar-refractivity contribution < 1.29 is 0 Å². The van der Waals surface area contributed by atoms with E-state index in [0.29, 0.717) is 11.7 Å². The zero-order chi connectivity index (χ0) is 13.3. The molecule has 2 N–H and O–H groups in total. The summed E-state index contributed by atoms with van der Waals surface area (Å²) in [4.78, 5) is 0. The summed E-state index contributed by atoms with van der Waals surface area (Å²) in [5.41, 5.74) is 10.7. The molecule has 0 saturated carbocycles. The monoisotopic (exact) mass is 243 g/mol. The summed E-state index contributed by atoms with van der Waals surface area (Å²) < 4.78 is 1.82. The fourth-order valence-corrected chi connectivity index (χ4v) is 2.03. The highest BCUT2D eigenvalue weighted by atomic mass is 15.3. The number of aromatic nitrogens is 2. The van der Waals surface area contributed by atoms with Gasteiger partial charge in [0.05, 0.1) is 11.4 Å². The Morgan fingerprint density at radius 1 is 1.17 bits per heavy atom. The Labute approximate surface area is 109 Å². The zero-order valence-electron chi connectivity index (χ0n) is 11.6. The third-order valence-corrected chi connectivity index (χ3v) is 3.14.